The second kappa shape index (κ2) is 9.89. The molecule has 0 saturated heterocycles. The van der Waals surface area contributed by atoms with Crippen molar-refractivity contribution in [1.29, 1.82) is 0 Å². The van der Waals surface area contributed by atoms with Gasteiger partial charge in [-0.15, -0.1) is 0 Å². The van der Waals surface area contributed by atoms with Gasteiger partial charge in [0.15, 0.2) is 11.5 Å². The van der Waals surface area contributed by atoms with E-state index in [9.17, 15) is 4.79 Å². The van der Waals surface area contributed by atoms with Crippen molar-refractivity contribution in [3.05, 3.63) is 88.7 Å². The Kier molecular flexibility index (Phi) is 7.03. The summed E-state index contributed by atoms with van der Waals surface area (Å²) in [4.78, 5) is 19.1. The monoisotopic (exact) mass is 452 g/mol. The summed E-state index contributed by atoms with van der Waals surface area (Å²) in [5.74, 6) is 1.11. The number of rotatable bonds is 7. The van der Waals surface area contributed by atoms with Crippen molar-refractivity contribution in [2.75, 3.05) is 19.1 Å². The fourth-order valence-electron chi connectivity index (χ4n) is 2.79. The molecule has 0 atom stereocenters. The van der Waals surface area contributed by atoms with Crippen molar-refractivity contribution in [1.82, 2.24) is 4.98 Å². The highest BCUT2D eigenvalue weighted by Crippen LogP contribution is 2.28. The molecule has 0 spiro atoms. The second-order valence-electron chi connectivity index (χ2n) is 6.17. The molecule has 1 heterocycles. The van der Waals surface area contributed by atoms with Crippen LogP contribution in [0.1, 0.15) is 11.3 Å². The van der Waals surface area contributed by atoms with E-state index in [0.29, 0.717) is 18.0 Å². The number of halogens is 1. The van der Waals surface area contributed by atoms with Crippen molar-refractivity contribution in [3.8, 4) is 11.5 Å². The van der Waals surface area contributed by atoms with Gasteiger partial charge in [0, 0.05) is 22.4 Å². The SMILES string of the molecule is COc1ccc(/C=C/C(=O)N(Cc2ccccn2)c2ccc(Br)cc2)cc1OC. The zero-order chi connectivity index (χ0) is 20.6. The van der Waals surface area contributed by atoms with Gasteiger partial charge in [-0.2, -0.15) is 0 Å². The van der Waals surface area contributed by atoms with Crippen LogP contribution in [-0.4, -0.2) is 25.1 Å². The van der Waals surface area contributed by atoms with Gasteiger partial charge >= 0.3 is 0 Å². The zero-order valence-electron chi connectivity index (χ0n) is 16.2. The largest absolute Gasteiger partial charge is 0.493 e. The lowest BCUT2D eigenvalue weighted by Crippen LogP contribution is -2.29. The van der Waals surface area contributed by atoms with Crippen LogP contribution in [0.2, 0.25) is 0 Å². The number of amides is 1. The number of hydrogen-bond acceptors (Lipinski definition) is 4. The highest BCUT2D eigenvalue weighted by Gasteiger charge is 2.15. The van der Waals surface area contributed by atoms with Crippen LogP contribution in [0.25, 0.3) is 6.08 Å². The molecule has 1 aromatic heterocycles. The number of carbonyl (C=O) groups is 1. The molecule has 0 aliphatic carbocycles. The predicted octanol–water partition coefficient (Wildman–Crippen LogP) is 5.11. The average molecular weight is 453 g/mol. The summed E-state index contributed by atoms with van der Waals surface area (Å²) in [7, 11) is 3.17. The lowest BCUT2D eigenvalue weighted by Gasteiger charge is -2.21. The Bertz CT molecular complexity index is 989. The van der Waals surface area contributed by atoms with Crippen LogP contribution >= 0.6 is 15.9 Å². The molecular weight excluding hydrogens is 432 g/mol. The predicted molar refractivity (Wildman–Crippen MR) is 118 cm³/mol. The van der Waals surface area contributed by atoms with Crippen LogP contribution < -0.4 is 14.4 Å². The number of anilines is 1. The number of carbonyl (C=O) groups excluding carboxylic acids is 1. The Hall–Kier alpha value is -3.12. The first kappa shape index (κ1) is 20.6. The van der Waals surface area contributed by atoms with E-state index in [-0.39, 0.29) is 5.91 Å². The van der Waals surface area contributed by atoms with Gasteiger partial charge in [0.1, 0.15) is 0 Å². The molecule has 0 bridgehead atoms. The normalized spacial score (nSPS) is 10.7. The third kappa shape index (κ3) is 5.45. The van der Waals surface area contributed by atoms with Gasteiger partial charge in [-0.05, 0) is 60.2 Å². The molecule has 0 radical (unpaired) electrons. The molecule has 0 aliphatic rings. The lowest BCUT2D eigenvalue weighted by molar-refractivity contribution is -0.114. The molecule has 29 heavy (non-hydrogen) atoms. The van der Waals surface area contributed by atoms with E-state index < -0.39 is 0 Å². The fraction of sp³-hybridized carbons (Fsp3) is 0.130. The Morgan fingerprint density at radius 1 is 1.03 bits per heavy atom. The molecule has 2 aromatic carbocycles. The van der Waals surface area contributed by atoms with Gasteiger partial charge in [-0.25, -0.2) is 0 Å². The number of ether oxygens (including phenoxy) is 2. The van der Waals surface area contributed by atoms with E-state index >= 15 is 0 Å². The van der Waals surface area contributed by atoms with E-state index in [4.69, 9.17) is 9.47 Å². The third-order valence-corrected chi connectivity index (χ3v) is 4.81. The van der Waals surface area contributed by atoms with Crippen molar-refractivity contribution in [2.45, 2.75) is 6.54 Å². The summed E-state index contributed by atoms with van der Waals surface area (Å²) >= 11 is 3.43. The summed E-state index contributed by atoms with van der Waals surface area (Å²) < 4.78 is 11.5. The minimum absolute atomic E-state index is 0.146. The molecule has 0 N–H and O–H groups in total. The first-order valence-electron chi connectivity index (χ1n) is 8.98. The Morgan fingerprint density at radius 2 is 1.79 bits per heavy atom. The minimum atomic E-state index is -0.146. The molecule has 0 fully saturated rings. The molecule has 0 saturated carbocycles. The van der Waals surface area contributed by atoms with Crippen LogP contribution in [0.15, 0.2) is 77.4 Å². The fourth-order valence-corrected chi connectivity index (χ4v) is 3.05. The summed E-state index contributed by atoms with van der Waals surface area (Å²) in [6.07, 6.45) is 5.03. The lowest BCUT2D eigenvalue weighted by atomic mass is 10.1. The van der Waals surface area contributed by atoms with Crippen LogP contribution in [0.4, 0.5) is 5.69 Å². The summed E-state index contributed by atoms with van der Waals surface area (Å²) in [6.45, 7) is 0.373. The van der Waals surface area contributed by atoms with E-state index in [0.717, 1.165) is 21.4 Å². The number of pyridine rings is 1. The maximum absolute atomic E-state index is 13.0. The van der Waals surface area contributed by atoms with Crippen LogP contribution in [-0.2, 0) is 11.3 Å². The first-order valence-corrected chi connectivity index (χ1v) is 9.77. The highest BCUT2D eigenvalue weighted by atomic mass is 79.9. The van der Waals surface area contributed by atoms with Gasteiger partial charge in [-0.1, -0.05) is 28.1 Å². The van der Waals surface area contributed by atoms with Gasteiger partial charge in [-0.3, -0.25) is 9.78 Å². The molecule has 0 unspecified atom stereocenters. The number of hydrogen-bond donors (Lipinski definition) is 0. The Balaban J connectivity index is 1.86. The van der Waals surface area contributed by atoms with E-state index in [2.05, 4.69) is 20.9 Å². The van der Waals surface area contributed by atoms with E-state index in [1.165, 1.54) is 0 Å². The Morgan fingerprint density at radius 3 is 2.45 bits per heavy atom. The van der Waals surface area contributed by atoms with Gasteiger partial charge in [0.25, 0.3) is 5.91 Å². The molecule has 148 valence electrons. The van der Waals surface area contributed by atoms with Crippen molar-refractivity contribution >= 4 is 33.6 Å². The smallest absolute Gasteiger partial charge is 0.251 e. The van der Waals surface area contributed by atoms with Crippen LogP contribution in [0.5, 0.6) is 11.5 Å². The van der Waals surface area contributed by atoms with Gasteiger partial charge in [0.2, 0.25) is 0 Å². The van der Waals surface area contributed by atoms with Crippen LogP contribution in [0.3, 0.4) is 0 Å². The molecule has 3 rings (SSSR count). The molecule has 3 aromatic rings. The first-order chi connectivity index (χ1) is 14.1. The molecule has 5 nitrogen and oxygen atoms in total. The van der Waals surface area contributed by atoms with Crippen molar-refractivity contribution in [2.24, 2.45) is 0 Å². The van der Waals surface area contributed by atoms with Crippen molar-refractivity contribution in [3.63, 3.8) is 0 Å². The number of methoxy groups -OCH3 is 2. The standard InChI is InChI=1S/C23H21BrN2O3/c1-28-21-12-6-17(15-22(21)29-2)7-13-23(27)26(16-19-5-3-4-14-25-19)20-10-8-18(24)9-11-20/h3-15H,16H2,1-2H3/b13-7+. The molecule has 0 aliphatic heterocycles. The molecule has 6 heteroatoms. The topological polar surface area (TPSA) is 51.7 Å². The van der Waals surface area contributed by atoms with E-state index in [1.807, 2.05) is 60.7 Å². The molecular formula is C23H21BrN2O3. The van der Waals surface area contributed by atoms with Crippen molar-refractivity contribution < 1.29 is 14.3 Å². The number of benzene rings is 2. The number of aromatic nitrogens is 1. The van der Waals surface area contributed by atoms with Crippen LogP contribution in [0, 0.1) is 0 Å². The average Bonchev–Trinajstić information content (AvgIpc) is 2.77. The maximum atomic E-state index is 13.0. The third-order valence-electron chi connectivity index (χ3n) is 4.28. The van der Waals surface area contributed by atoms with E-state index in [1.54, 1.807) is 37.5 Å². The summed E-state index contributed by atoms with van der Waals surface area (Å²) in [6, 6.07) is 18.8. The highest BCUT2D eigenvalue weighted by molar-refractivity contribution is 9.10. The Labute approximate surface area is 178 Å². The van der Waals surface area contributed by atoms with Gasteiger partial charge in [0.05, 0.1) is 26.5 Å². The second-order valence-corrected chi connectivity index (χ2v) is 7.09. The number of nitrogens with zero attached hydrogens (tertiary/aromatic N) is 2. The summed E-state index contributed by atoms with van der Waals surface area (Å²) in [5, 5.41) is 0. The minimum Gasteiger partial charge on any atom is -0.493 e. The summed E-state index contributed by atoms with van der Waals surface area (Å²) in [5.41, 5.74) is 2.44. The zero-order valence-corrected chi connectivity index (χ0v) is 17.8. The van der Waals surface area contributed by atoms with Gasteiger partial charge < -0.3 is 14.4 Å². The maximum Gasteiger partial charge on any atom is 0.251 e. The molecule has 1 amide bonds. The quantitative estimate of drug-likeness (QED) is 0.467.